The van der Waals surface area contributed by atoms with Crippen molar-refractivity contribution in [2.24, 2.45) is 0 Å². The Morgan fingerprint density at radius 3 is 2.60 bits per heavy atom. The molecule has 30 heavy (non-hydrogen) atoms. The number of H-pyrrole nitrogens is 1. The van der Waals surface area contributed by atoms with Gasteiger partial charge < -0.3 is 19.8 Å². The highest BCUT2D eigenvalue weighted by atomic mass is 16.5. The molecule has 1 aliphatic rings. The van der Waals surface area contributed by atoms with Gasteiger partial charge in [0, 0.05) is 11.6 Å². The average Bonchev–Trinajstić information content (AvgIpc) is 3.21. The van der Waals surface area contributed by atoms with E-state index in [1.165, 1.54) is 6.42 Å². The fourth-order valence-electron chi connectivity index (χ4n) is 3.75. The zero-order valence-corrected chi connectivity index (χ0v) is 16.9. The predicted octanol–water partition coefficient (Wildman–Crippen LogP) is 3.84. The van der Waals surface area contributed by atoms with Gasteiger partial charge in [-0.3, -0.25) is 4.79 Å². The van der Waals surface area contributed by atoms with Gasteiger partial charge in [0.1, 0.15) is 11.6 Å². The van der Waals surface area contributed by atoms with Crippen LogP contribution in [0.3, 0.4) is 0 Å². The number of nitrogens with one attached hydrogen (secondary N) is 2. The summed E-state index contributed by atoms with van der Waals surface area (Å²) in [6, 6.07) is 12.9. The Bertz CT molecular complexity index is 1040. The molecule has 2 aromatic carbocycles. The molecule has 1 fully saturated rings. The van der Waals surface area contributed by atoms with Crippen molar-refractivity contribution in [2.45, 2.75) is 38.1 Å². The number of hydrogen-bond acceptors (Lipinski definition) is 5. The SMILES string of the molecule is COc1ccc(-c2nc3ccc(C(=O)OCC(=O)NC4CCCCC4)cc3[nH]2)cc1. The van der Waals surface area contributed by atoms with Gasteiger partial charge in [0.05, 0.1) is 23.7 Å². The van der Waals surface area contributed by atoms with Gasteiger partial charge in [-0.15, -0.1) is 0 Å². The van der Waals surface area contributed by atoms with Crippen LogP contribution in [0.2, 0.25) is 0 Å². The highest BCUT2D eigenvalue weighted by molar-refractivity contribution is 5.95. The molecule has 156 valence electrons. The van der Waals surface area contributed by atoms with Crippen molar-refractivity contribution < 1.29 is 19.1 Å². The van der Waals surface area contributed by atoms with Gasteiger partial charge >= 0.3 is 5.97 Å². The van der Waals surface area contributed by atoms with E-state index in [0.717, 1.165) is 48.0 Å². The molecule has 7 nitrogen and oxygen atoms in total. The number of aromatic amines is 1. The highest BCUT2D eigenvalue weighted by Crippen LogP contribution is 2.23. The number of ether oxygens (including phenoxy) is 2. The topological polar surface area (TPSA) is 93.3 Å². The van der Waals surface area contributed by atoms with Crippen LogP contribution in [0.25, 0.3) is 22.4 Å². The second-order valence-electron chi connectivity index (χ2n) is 7.52. The molecular weight excluding hydrogens is 382 g/mol. The number of amides is 1. The Morgan fingerprint density at radius 2 is 1.87 bits per heavy atom. The molecule has 0 bridgehead atoms. The molecule has 0 radical (unpaired) electrons. The monoisotopic (exact) mass is 407 g/mol. The number of methoxy groups -OCH3 is 1. The maximum absolute atomic E-state index is 12.4. The van der Waals surface area contributed by atoms with E-state index < -0.39 is 5.97 Å². The van der Waals surface area contributed by atoms with Crippen molar-refractivity contribution in [1.82, 2.24) is 15.3 Å². The van der Waals surface area contributed by atoms with E-state index in [1.807, 2.05) is 24.3 Å². The molecule has 1 saturated carbocycles. The van der Waals surface area contributed by atoms with Crippen LogP contribution in [-0.2, 0) is 9.53 Å². The molecule has 0 saturated heterocycles. The third-order valence-corrected chi connectivity index (χ3v) is 5.39. The minimum atomic E-state index is -0.531. The van der Waals surface area contributed by atoms with Gasteiger partial charge in [0.2, 0.25) is 0 Å². The zero-order valence-electron chi connectivity index (χ0n) is 16.9. The van der Waals surface area contributed by atoms with E-state index in [0.29, 0.717) is 11.4 Å². The summed E-state index contributed by atoms with van der Waals surface area (Å²) in [6.07, 6.45) is 5.47. The summed E-state index contributed by atoms with van der Waals surface area (Å²) in [5.41, 5.74) is 2.75. The highest BCUT2D eigenvalue weighted by Gasteiger charge is 2.17. The fourth-order valence-corrected chi connectivity index (χ4v) is 3.75. The van der Waals surface area contributed by atoms with E-state index in [2.05, 4.69) is 15.3 Å². The molecule has 1 aromatic heterocycles. The number of carbonyl (C=O) groups excluding carboxylic acids is 2. The van der Waals surface area contributed by atoms with Crippen molar-refractivity contribution in [1.29, 1.82) is 0 Å². The summed E-state index contributed by atoms with van der Waals surface area (Å²) in [6.45, 7) is -0.270. The molecule has 2 N–H and O–H groups in total. The van der Waals surface area contributed by atoms with Gasteiger partial charge in [-0.2, -0.15) is 0 Å². The first-order chi connectivity index (χ1) is 14.6. The average molecular weight is 407 g/mol. The summed E-state index contributed by atoms with van der Waals surface area (Å²) < 4.78 is 10.4. The second kappa shape index (κ2) is 8.98. The number of aromatic nitrogens is 2. The molecule has 0 aliphatic heterocycles. The number of imidazole rings is 1. The normalized spacial score (nSPS) is 14.4. The number of rotatable bonds is 6. The van der Waals surface area contributed by atoms with Gasteiger partial charge in [-0.25, -0.2) is 9.78 Å². The van der Waals surface area contributed by atoms with Crippen molar-refractivity contribution in [3.8, 4) is 17.1 Å². The number of nitrogens with zero attached hydrogens (tertiary/aromatic N) is 1. The number of hydrogen-bond donors (Lipinski definition) is 2. The number of esters is 1. The smallest absolute Gasteiger partial charge is 0.338 e. The molecule has 1 amide bonds. The summed E-state index contributed by atoms with van der Waals surface area (Å²) in [5, 5.41) is 2.94. The molecule has 0 atom stereocenters. The lowest BCUT2D eigenvalue weighted by Crippen LogP contribution is -2.38. The van der Waals surface area contributed by atoms with Crippen LogP contribution in [0.1, 0.15) is 42.5 Å². The third kappa shape index (κ3) is 4.62. The summed E-state index contributed by atoms with van der Waals surface area (Å²) in [4.78, 5) is 32.2. The zero-order chi connectivity index (χ0) is 20.9. The molecule has 1 aliphatic carbocycles. The maximum atomic E-state index is 12.4. The van der Waals surface area contributed by atoms with E-state index in [9.17, 15) is 9.59 Å². The lowest BCUT2D eigenvalue weighted by molar-refractivity contribution is -0.125. The predicted molar refractivity (Wildman–Crippen MR) is 113 cm³/mol. The molecule has 0 unspecified atom stereocenters. The number of benzene rings is 2. The Labute approximate surface area is 174 Å². The molecule has 4 rings (SSSR count). The van der Waals surface area contributed by atoms with Gasteiger partial charge in [0.25, 0.3) is 5.91 Å². The Kier molecular flexibility index (Phi) is 5.97. The summed E-state index contributed by atoms with van der Waals surface area (Å²) >= 11 is 0. The van der Waals surface area contributed by atoms with E-state index in [4.69, 9.17) is 9.47 Å². The van der Waals surface area contributed by atoms with Crippen molar-refractivity contribution >= 4 is 22.9 Å². The first-order valence-electron chi connectivity index (χ1n) is 10.2. The van der Waals surface area contributed by atoms with Crippen molar-refractivity contribution in [2.75, 3.05) is 13.7 Å². The van der Waals surface area contributed by atoms with E-state index in [-0.39, 0.29) is 18.6 Å². The Hall–Kier alpha value is -3.35. The third-order valence-electron chi connectivity index (χ3n) is 5.39. The number of fused-ring (bicyclic) bond motifs is 1. The first kappa shape index (κ1) is 19.9. The quantitative estimate of drug-likeness (QED) is 0.606. The van der Waals surface area contributed by atoms with Crippen LogP contribution in [0.5, 0.6) is 5.75 Å². The maximum Gasteiger partial charge on any atom is 0.338 e. The van der Waals surface area contributed by atoms with E-state index in [1.54, 1.807) is 25.3 Å². The first-order valence-corrected chi connectivity index (χ1v) is 10.2. The summed E-state index contributed by atoms with van der Waals surface area (Å²) in [7, 11) is 1.62. The van der Waals surface area contributed by atoms with Crippen LogP contribution < -0.4 is 10.1 Å². The fraction of sp³-hybridized carbons (Fsp3) is 0.348. The molecule has 7 heteroatoms. The molecule has 3 aromatic rings. The Balaban J connectivity index is 1.39. The van der Waals surface area contributed by atoms with Crippen LogP contribution in [0, 0.1) is 0 Å². The van der Waals surface area contributed by atoms with Crippen LogP contribution >= 0.6 is 0 Å². The van der Waals surface area contributed by atoms with Gasteiger partial charge in [-0.1, -0.05) is 19.3 Å². The van der Waals surface area contributed by atoms with E-state index >= 15 is 0 Å². The standard InChI is InChI=1S/C23H25N3O4/c1-29-18-10-7-15(8-11-18)22-25-19-12-9-16(13-20(19)26-22)23(28)30-14-21(27)24-17-5-3-2-4-6-17/h7-13,17H,2-6,14H2,1H3,(H,24,27)(H,25,26). The molecule has 1 heterocycles. The minimum absolute atomic E-state index is 0.197. The minimum Gasteiger partial charge on any atom is -0.497 e. The van der Waals surface area contributed by atoms with Gasteiger partial charge in [-0.05, 0) is 55.3 Å². The lowest BCUT2D eigenvalue weighted by atomic mass is 9.95. The van der Waals surface area contributed by atoms with Crippen LogP contribution in [-0.4, -0.2) is 41.6 Å². The second-order valence-corrected chi connectivity index (χ2v) is 7.52. The Morgan fingerprint density at radius 1 is 1.10 bits per heavy atom. The largest absolute Gasteiger partial charge is 0.497 e. The molecular formula is C23H25N3O4. The van der Waals surface area contributed by atoms with Gasteiger partial charge in [0.15, 0.2) is 6.61 Å². The van der Waals surface area contributed by atoms with Crippen molar-refractivity contribution in [3.05, 3.63) is 48.0 Å². The molecule has 0 spiro atoms. The number of carbonyl (C=O) groups is 2. The lowest BCUT2D eigenvalue weighted by Gasteiger charge is -2.22. The van der Waals surface area contributed by atoms with Crippen molar-refractivity contribution in [3.63, 3.8) is 0 Å². The summed E-state index contributed by atoms with van der Waals surface area (Å²) in [5.74, 6) is 0.688. The van der Waals surface area contributed by atoms with Crippen LogP contribution in [0.15, 0.2) is 42.5 Å². The van der Waals surface area contributed by atoms with Crippen LogP contribution in [0.4, 0.5) is 0 Å².